The zero-order valence-electron chi connectivity index (χ0n) is 10.9. The van der Waals surface area contributed by atoms with Gasteiger partial charge in [-0.3, -0.25) is 14.8 Å². The zero-order chi connectivity index (χ0) is 13.4. The first-order chi connectivity index (χ1) is 9.20. The van der Waals surface area contributed by atoms with E-state index in [1.165, 1.54) is 0 Å². The highest BCUT2D eigenvalue weighted by atomic mass is 16.1. The van der Waals surface area contributed by atoms with Crippen LogP contribution in [0.2, 0.25) is 0 Å². The van der Waals surface area contributed by atoms with Crippen LogP contribution in [0.5, 0.6) is 0 Å². The Hall–Kier alpha value is -2.37. The van der Waals surface area contributed by atoms with Crippen LogP contribution in [-0.2, 0) is 4.79 Å². The highest BCUT2D eigenvalue weighted by molar-refractivity contribution is 6.07. The fourth-order valence-electron chi connectivity index (χ4n) is 2.29. The van der Waals surface area contributed by atoms with Crippen molar-refractivity contribution in [2.45, 2.75) is 13.8 Å². The lowest BCUT2D eigenvalue weighted by Gasteiger charge is -2.41. The molecule has 1 aromatic rings. The lowest BCUT2D eigenvalue weighted by atomic mass is 10.2. The van der Waals surface area contributed by atoms with Crippen molar-refractivity contribution in [3.05, 3.63) is 36.3 Å². The van der Waals surface area contributed by atoms with Crippen molar-refractivity contribution in [3.8, 4) is 0 Å². The summed E-state index contributed by atoms with van der Waals surface area (Å²) in [6.45, 7) is 5.00. The molecule has 0 bridgehead atoms. The molecule has 3 heterocycles. The Labute approximate surface area is 111 Å². The van der Waals surface area contributed by atoms with E-state index < -0.39 is 0 Å². The van der Waals surface area contributed by atoms with Gasteiger partial charge in [0.1, 0.15) is 12.2 Å². The number of allylic oxidation sites excluding steroid dienone is 1. The normalized spacial score (nSPS) is 18.4. The first kappa shape index (κ1) is 11.7. The Morgan fingerprint density at radius 3 is 2.74 bits per heavy atom. The number of carbonyl (C=O) groups is 1. The summed E-state index contributed by atoms with van der Waals surface area (Å²) in [5, 5.41) is 10.2. The second kappa shape index (κ2) is 4.38. The molecule has 0 N–H and O–H groups in total. The molecule has 0 unspecified atom stereocenters. The van der Waals surface area contributed by atoms with Gasteiger partial charge in [0.15, 0.2) is 5.78 Å². The minimum atomic E-state index is 0.0792. The summed E-state index contributed by atoms with van der Waals surface area (Å²) in [5.74, 6) is 0.0792. The number of anilines is 1. The average Bonchev–Trinajstić information content (AvgIpc) is 2.76. The van der Waals surface area contributed by atoms with E-state index in [0.29, 0.717) is 6.54 Å². The third-order valence-electron chi connectivity index (χ3n) is 3.15. The predicted octanol–water partition coefficient (Wildman–Crippen LogP) is 1.20. The van der Waals surface area contributed by atoms with Gasteiger partial charge in [0.25, 0.3) is 0 Å². The van der Waals surface area contributed by atoms with Crippen molar-refractivity contribution >= 4 is 17.2 Å². The maximum Gasteiger partial charge on any atom is 0.179 e. The van der Waals surface area contributed by atoms with E-state index in [-0.39, 0.29) is 5.78 Å². The van der Waals surface area contributed by atoms with Crippen LogP contribution >= 0.6 is 0 Å². The number of carbonyl (C=O) groups excluding carboxylic acids is 1. The maximum absolute atomic E-state index is 11.9. The number of nitrogens with zero attached hydrogens (tertiary/aromatic N) is 5. The van der Waals surface area contributed by atoms with Crippen LogP contribution in [0, 0.1) is 0 Å². The van der Waals surface area contributed by atoms with Gasteiger partial charge in [0, 0.05) is 18.5 Å². The fraction of sp³-hybridized carbons (Fsp3) is 0.308. The number of ketones is 1. The highest BCUT2D eigenvalue weighted by Crippen LogP contribution is 2.29. The monoisotopic (exact) mass is 257 g/mol. The first-order valence-corrected chi connectivity index (χ1v) is 6.26. The molecule has 6 nitrogen and oxygen atoms in total. The number of pyridine rings is 1. The van der Waals surface area contributed by atoms with Crippen LogP contribution in [0.15, 0.2) is 41.4 Å². The lowest BCUT2D eigenvalue weighted by Crippen LogP contribution is -2.53. The minimum Gasteiger partial charge on any atom is -0.293 e. The fourth-order valence-corrected chi connectivity index (χ4v) is 2.29. The topological polar surface area (TPSA) is 52.0 Å². The quantitative estimate of drug-likeness (QED) is 0.796. The second-order valence-corrected chi connectivity index (χ2v) is 4.42. The summed E-state index contributed by atoms with van der Waals surface area (Å²) >= 11 is 0. The molecule has 0 radical (unpaired) electrons. The molecule has 6 heteroatoms. The van der Waals surface area contributed by atoms with Gasteiger partial charge in [-0.1, -0.05) is 0 Å². The molecule has 3 rings (SSSR count). The van der Waals surface area contributed by atoms with Gasteiger partial charge in [-0.25, -0.2) is 0 Å². The summed E-state index contributed by atoms with van der Waals surface area (Å²) in [6, 6.07) is 3.77. The SMILES string of the molecule is CCN1N=C(C)C2=CC(=O)CN(c3ccncc3)N21. The first-order valence-electron chi connectivity index (χ1n) is 6.26. The summed E-state index contributed by atoms with van der Waals surface area (Å²) in [6.07, 6.45) is 5.10. The Balaban J connectivity index is 2.03. The number of rotatable bonds is 2. The molecule has 0 spiro atoms. The molecule has 1 aromatic heterocycles. The minimum absolute atomic E-state index is 0.0792. The van der Waals surface area contributed by atoms with Gasteiger partial charge < -0.3 is 0 Å². The number of hydrazine groups is 2. The zero-order valence-corrected chi connectivity index (χ0v) is 10.9. The predicted molar refractivity (Wildman–Crippen MR) is 72.0 cm³/mol. The maximum atomic E-state index is 11.9. The standard InChI is InChI=1S/C13H15N5O/c1-3-17-15-10(2)13-8-12(19)9-16(18(13)17)11-4-6-14-7-5-11/h4-8H,3,9H2,1-2H3. The third-order valence-corrected chi connectivity index (χ3v) is 3.15. The molecule has 2 aliphatic heterocycles. The van der Waals surface area contributed by atoms with Crippen molar-refractivity contribution in [1.29, 1.82) is 0 Å². The summed E-state index contributed by atoms with van der Waals surface area (Å²) in [4.78, 5) is 15.9. The van der Waals surface area contributed by atoms with Gasteiger partial charge in [-0.2, -0.15) is 15.3 Å². The molecule has 0 aliphatic carbocycles. The molecule has 2 aliphatic rings. The van der Waals surface area contributed by atoms with Crippen LogP contribution < -0.4 is 5.01 Å². The van der Waals surface area contributed by atoms with Crippen molar-refractivity contribution in [2.24, 2.45) is 5.10 Å². The smallest absolute Gasteiger partial charge is 0.179 e. The number of hydrazone groups is 1. The largest absolute Gasteiger partial charge is 0.293 e. The number of fused-ring (bicyclic) bond motifs is 1. The molecule has 98 valence electrons. The molecule has 0 amide bonds. The lowest BCUT2D eigenvalue weighted by molar-refractivity contribution is -0.115. The van der Waals surface area contributed by atoms with Crippen molar-refractivity contribution < 1.29 is 4.79 Å². The van der Waals surface area contributed by atoms with E-state index >= 15 is 0 Å². The molecule has 0 atom stereocenters. The van der Waals surface area contributed by atoms with Crippen molar-refractivity contribution in [1.82, 2.24) is 15.2 Å². The van der Waals surface area contributed by atoms with E-state index in [1.54, 1.807) is 18.5 Å². The van der Waals surface area contributed by atoms with E-state index in [0.717, 1.165) is 23.6 Å². The van der Waals surface area contributed by atoms with Crippen LogP contribution in [0.4, 0.5) is 5.69 Å². The number of aromatic nitrogens is 1. The van der Waals surface area contributed by atoms with Crippen LogP contribution in [-0.4, -0.2) is 39.8 Å². The second-order valence-electron chi connectivity index (χ2n) is 4.42. The Morgan fingerprint density at radius 1 is 1.32 bits per heavy atom. The average molecular weight is 257 g/mol. The summed E-state index contributed by atoms with van der Waals surface area (Å²) in [5.41, 5.74) is 2.63. The molecule has 0 saturated carbocycles. The van der Waals surface area contributed by atoms with E-state index in [1.807, 2.05) is 41.2 Å². The van der Waals surface area contributed by atoms with Crippen molar-refractivity contribution in [3.63, 3.8) is 0 Å². The Morgan fingerprint density at radius 2 is 2.05 bits per heavy atom. The summed E-state index contributed by atoms with van der Waals surface area (Å²) < 4.78 is 0. The summed E-state index contributed by atoms with van der Waals surface area (Å²) in [7, 11) is 0. The van der Waals surface area contributed by atoms with Crippen LogP contribution in [0.1, 0.15) is 13.8 Å². The third kappa shape index (κ3) is 1.85. The molecular formula is C13H15N5O. The Bertz CT molecular complexity index is 566. The number of hydrogen-bond acceptors (Lipinski definition) is 6. The van der Waals surface area contributed by atoms with Gasteiger partial charge in [-0.05, 0) is 26.0 Å². The van der Waals surface area contributed by atoms with Gasteiger partial charge in [0.2, 0.25) is 0 Å². The molecule has 0 fully saturated rings. The van der Waals surface area contributed by atoms with Crippen molar-refractivity contribution in [2.75, 3.05) is 18.1 Å². The van der Waals surface area contributed by atoms with Crippen LogP contribution in [0.3, 0.4) is 0 Å². The molecule has 0 saturated heterocycles. The molecular weight excluding hydrogens is 242 g/mol. The van der Waals surface area contributed by atoms with Gasteiger partial charge in [-0.15, -0.1) is 0 Å². The van der Waals surface area contributed by atoms with E-state index in [9.17, 15) is 4.79 Å². The highest BCUT2D eigenvalue weighted by Gasteiger charge is 2.35. The van der Waals surface area contributed by atoms with E-state index in [4.69, 9.17) is 0 Å². The molecule has 0 aromatic carbocycles. The molecule has 19 heavy (non-hydrogen) atoms. The van der Waals surface area contributed by atoms with Gasteiger partial charge >= 0.3 is 0 Å². The van der Waals surface area contributed by atoms with Crippen LogP contribution in [0.25, 0.3) is 0 Å². The van der Waals surface area contributed by atoms with E-state index in [2.05, 4.69) is 10.1 Å². The van der Waals surface area contributed by atoms with Gasteiger partial charge in [0.05, 0.1) is 17.9 Å². The Kier molecular flexibility index (Phi) is 2.70. The number of hydrogen-bond donors (Lipinski definition) is 0.